The van der Waals surface area contributed by atoms with Gasteiger partial charge in [-0.2, -0.15) is 0 Å². The second-order valence-corrected chi connectivity index (χ2v) is 5.31. The van der Waals surface area contributed by atoms with E-state index in [1.165, 1.54) is 12.8 Å². The van der Waals surface area contributed by atoms with E-state index < -0.39 is 0 Å². The number of rotatable bonds is 4. The van der Waals surface area contributed by atoms with Crippen LogP contribution in [0.2, 0.25) is 0 Å². The van der Waals surface area contributed by atoms with E-state index in [4.69, 9.17) is 10.5 Å². The number of hydrogen-bond acceptors (Lipinski definition) is 4. The van der Waals surface area contributed by atoms with E-state index in [1.807, 2.05) is 0 Å². The smallest absolute Gasteiger partial charge is 0.234 e. The SMILES string of the molecule is NCC1CCCCN1CC(=O)NC1CCOCC1. The Hall–Kier alpha value is -0.650. The number of carbonyl (C=O) groups is 1. The Morgan fingerprint density at radius 3 is 2.78 bits per heavy atom. The molecule has 1 amide bonds. The van der Waals surface area contributed by atoms with Gasteiger partial charge in [0.15, 0.2) is 0 Å². The van der Waals surface area contributed by atoms with E-state index >= 15 is 0 Å². The number of amides is 1. The second-order valence-electron chi connectivity index (χ2n) is 5.31. The first-order valence-corrected chi connectivity index (χ1v) is 7.11. The highest BCUT2D eigenvalue weighted by Crippen LogP contribution is 2.15. The van der Waals surface area contributed by atoms with Gasteiger partial charge in [-0.1, -0.05) is 6.42 Å². The second kappa shape index (κ2) is 7.07. The summed E-state index contributed by atoms with van der Waals surface area (Å²) >= 11 is 0. The van der Waals surface area contributed by atoms with Crippen molar-refractivity contribution in [3.05, 3.63) is 0 Å². The normalized spacial score (nSPS) is 27.1. The minimum atomic E-state index is 0.141. The van der Waals surface area contributed by atoms with E-state index in [-0.39, 0.29) is 5.91 Å². The van der Waals surface area contributed by atoms with Gasteiger partial charge < -0.3 is 15.8 Å². The molecule has 18 heavy (non-hydrogen) atoms. The van der Waals surface area contributed by atoms with Gasteiger partial charge in [-0.05, 0) is 32.2 Å². The van der Waals surface area contributed by atoms with Gasteiger partial charge >= 0.3 is 0 Å². The number of nitrogens with two attached hydrogens (primary N) is 1. The van der Waals surface area contributed by atoms with E-state index in [1.54, 1.807) is 0 Å². The first kappa shape index (κ1) is 13.8. The van der Waals surface area contributed by atoms with E-state index in [9.17, 15) is 4.79 Å². The molecule has 2 fully saturated rings. The van der Waals surface area contributed by atoms with Gasteiger partial charge in [0.25, 0.3) is 0 Å². The van der Waals surface area contributed by atoms with Gasteiger partial charge in [0, 0.05) is 31.8 Å². The zero-order valence-electron chi connectivity index (χ0n) is 11.1. The zero-order valence-corrected chi connectivity index (χ0v) is 11.1. The zero-order chi connectivity index (χ0) is 12.8. The maximum atomic E-state index is 12.0. The number of likely N-dealkylation sites (tertiary alicyclic amines) is 1. The van der Waals surface area contributed by atoms with Gasteiger partial charge in [-0.15, -0.1) is 0 Å². The van der Waals surface area contributed by atoms with Gasteiger partial charge in [0.05, 0.1) is 6.54 Å². The number of nitrogens with one attached hydrogen (secondary N) is 1. The van der Waals surface area contributed by atoms with Gasteiger partial charge in [-0.3, -0.25) is 9.69 Å². The Morgan fingerprint density at radius 2 is 2.06 bits per heavy atom. The molecule has 1 unspecified atom stereocenters. The Kier molecular flexibility index (Phi) is 5.41. The first-order valence-electron chi connectivity index (χ1n) is 7.11. The highest BCUT2D eigenvalue weighted by atomic mass is 16.5. The first-order chi connectivity index (χ1) is 8.79. The predicted octanol–water partition coefficient (Wildman–Crippen LogP) is 0.0948. The van der Waals surface area contributed by atoms with Crippen LogP contribution in [0.15, 0.2) is 0 Å². The minimum absolute atomic E-state index is 0.141. The molecule has 2 aliphatic heterocycles. The van der Waals surface area contributed by atoms with Crippen molar-refractivity contribution in [2.45, 2.75) is 44.2 Å². The summed E-state index contributed by atoms with van der Waals surface area (Å²) in [7, 11) is 0. The molecule has 0 radical (unpaired) electrons. The van der Waals surface area contributed by atoms with Crippen LogP contribution >= 0.6 is 0 Å². The van der Waals surface area contributed by atoms with Crippen molar-refractivity contribution >= 4 is 5.91 Å². The fourth-order valence-corrected chi connectivity index (χ4v) is 2.83. The van der Waals surface area contributed by atoms with Crippen LogP contribution in [0.25, 0.3) is 0 Å². The molecule has 104 valence electrons. The maximum absolute atomic E-state index is 12.0. The summed E-state index contributed by atoms with van der Waals surface area (Å²) in [6, 6.07) is 0.687. The Balaban J connectivity index is 1.75. The highest BCUT2D eigenvalue weighted by molar-refractivity contribution is 5.78. The third-order valence-corrected chi connectivity index (χ3v) is 3.95. The van der Waals surface area contributed by atoms with Crippen molar-refractivity contribution in [2.24, 2.45) is 5.73 Å². The van der Waals surface area contributed by atoms with Crippen molar-refractivity contribution in [1.29, 1.82) is 0 Å². The molecule has 2 rings (SSSR count). The monoisotopic (exact) mass is 255 g/mol. The summed E-state index contributed by atoms with van der Waals surface area (Å²) < 4.78 is 5.29. The van der Waals surface area contributed by atoms with Crippen LogP contribution in [-0.4, -0.2) is 55.7 Å². The van der Waals surface area contributed by atoms with Crippen molar-refractivity contribution in [2.75, 3.05) is 32.8 Å². The van der Waals surface area contributed by atoms with Gasteiger partial charge in [0.2, 0.25) is 5.91 Å². The molecule has 3 N–H and O–H groups in total. The Morgan fingerprint density at radius 1 is 1.28 bits per heavy atom. The minimum Gasteiger partial charge on any atom is -0.381 e. The van der Waals surface area contributed by atoms with Crippen molar-refractivity contribution in [3.63, 3.8) is 0 Å². The molecule has 0 bridgehead atoms. The molecule has 5 heteroatoms. The Labute approximate surface area is 109 Å². The largest absolute Gasteiger partial charge is 0.381 e. The quantitative estimate of drug-likeness (QED) is 0.747. The lowest BCUT2D eigenvalue weighted by Gasteiger charge is -2.35. The van der Waals surface area contributed by atoms with Crippen LogP contribution in [0.1, 0.15) is 32.1 Å². The molecule has 5 nitrogen and oxygen atoms in total. The average molecular weight is 255 g/mol. The number of ether oxygens (including phenoxy) is 1. The summed E-state index contributed by atoms with van der Waals surface area (Å²) in [5.74, 6) is 0.141. The molecule has 0 aromatic carbocycles. The molecular formula is C13H25N3O2. The van der Waals surface area contributed by atoms with Crippen LogP contribution < -0.4 is 11.1 Å². The van der Waals surface area contributed by atoms with E-state index in [2.05, 4.69) is 10.2 Å². The maximum Gasteiger partial charge on any atom is 0.234 e. The van der Waals surface area contributed by atoms with Crippen LogP contribution in [0, 0.1) is 0 Å². The van der Waals surface area contributed by atoms with Crippen LogP contribution in [0.5, 0.6) is 0 Å². The lowest BCUT2D eigenvalue weighted by molar-refractivity contribution is -0.124. The highest BCUT2D eigenvalue weighted by Gasteiger charge is 2.24. The summed E-state index contributed by atoms with van der Waals surface area (Å²) in [4.78, 5) is 14.2. The predicted molar refractivity (Wildman–Crippen MR) is 70.3 cm³/mol. The summed E-state index contributed by atoms with van der Waals surface area (Å²) in [5.41, 5.74) is 5.76. The number of nitrogens with zero attached hydrogens (tertiary/aromatic N) is 1. The fraction of sp³-hybridized carbons (Fsp3) is 0.923. The molecule has 1 atom stereocenters. The van der Waals surface area contributed by atoms with Crippen LogP contribution in [-0.2, 0) is 9.53 Å². The molecule has 0 aromatic heterocycles. The van der Waals surface area contributed by atoms with Gasteiger partial charge in [0.1, 0.15) is 0 Å². The summed E-state index contributed by atoms with van der Waals surface area (Å²) in [5, 5.41) is 3.11. The molecule has 2 aliphatic rings. The number of piperidine rings is 1. The third kappa shape index (κ3) is 3.93. The molecule has 0 aromatic rings. The topological polar surface area (TPSA) is 67.6 Å². The Bertz CT molecular complexity index is 267. The van der Waals surface area contributed by atoms with Crippen molar-refractivity contribution in [1.82, 2.24) is 10.2 Å². The number of carbonyl (C=O) groups excluding carboxylic acids is 1. The van der Waals surface area contributed by atoms with E-state index in [0.29, 0.717) is 25.2 Å². The van der Waals surface area contributed by atoms with Gasteiger partial charge in [-0.25, -0.2) is 0 Å². The molecule has 0 saturated carbocycles. The third-order valence-electron chi connectivity index (χ3n) is 3.95. The molecule has 2 saturated heterocycles. The lowest BCUT2D eigenvalue weighted by Crippen LogP contribution is -2.50. The van der Waals surface area contributed by atoms with Crippen molar-refractivity contribution < 1.29 is 9.53 Å². The average Bonchev–Trinajstić information content (AvgIpc) is 2.40. The van der Waals surface area contributed by atoms with Crippen LogP contribution in [0.3, 0.4) is 0 Å². The fourth-order valence-electron chi connectivity index (χ4n) is 2.83. The standard InChI is InChI=1S/C13H25N3O2/c14-9-12-3-1-2-6-16(12)10-13(17)15-11-4-7-18-8-5-11/h11-12H,1-10,14H2,(H,15,17). The molecule has 0 spiro atoms. The molecule has 2 heterocycles. The van der Waals surface area contributed by atoms with E-state index in [0.717, 1.165) is 39.0 Å². The van der Waals surface area contributed by atoms with Crippen LogP contribution in [0.4, 0.5) is 0 Å². The molecule has 0 aliphatic carbocycles. The molecular weight excluding hydrogens is 230 g/mol. The number of hydrogen-bond donors (Lipinski definition) is 2. The summed E-state index contributed by atoms with van der Waals surface area (Å²) in [6.45, 7) is 3.69. The summed E-state index contributed by atoms with van der Waals surface area (Å²) in [6.07, 6.45) is 5.42. The lowest BCUT2D eigenvalue weighted by atomic mass is 10.0. The van der Waals surface area contributed by atoms with Crippen molar-refractivity contribution in [3.8, 4) is 0 Å².